The van der Waals surface area contributed by atoms with Crippen LogP contribution in [0.4, 0.5) is 0 Å². The fraction of sp³-hybridized carbons (Fsp3) is 0.250. The first-order valence-electron chi connectivity index (χ1n) is 6.43. The second kappa shape index (κ2) is 5.62. The maximum absolute atomic E-state index is 12.4. The number of benzene rings is 1. The first kappa shape index (κ1) is 13.9. The molecule has 0 saturated carbocycles. The van der Waals surface area contributed by atoms with Crippen LogP contribution in [0.5, 0.6) is 0 Å². The summed E-state index contributed by atoms with van der Waals surface area (Å²) in [6.45, 7) is 4.51. The molecule has 0 aliphatic heterocycles. The third-order valence-corrected chi connectivity index (χ3v) is 3.08. The largest absolute Gasteiger partial charge is 0.462 e. The van der Waals surface area contributed by atoms with Gasteiger partial charge < -0.3 is 9.30 Å². The predicted molar refractivity (Wildman–Crippen MR) is 77.8 cm³/mol. The number of hydrogen-bond donors (Lipinski definition) is 0. The monoisotopic (exact) mass is 269 g/mol. The third-order valence-electron chi connectivity index (χ3n) is 3.08. The Balaban J connectivity index is 2.79. The van der Waals surface area contributed by atoms with Gasteiger partial charge in [-0.2, -0.15) is 0 Å². The van der Waals surface area contributed by atoms with Crippen molar-refractivity contribution in [3.8, 4) is 12.3 Å². The molecule has 2 aromatic rings. The fourth-order valence-corrected chi connectivity index (χ4v) is 2.10. The minimum Gasteiger partial charge on any atom is -0.462 e. The summed E-state index contributed by atoms with van der Waals surface area (Å²) < 4.78 is 6.76. The SMILES string of the molecule is C#Cc1ccc2c(c1)c(=O)c(C(=O)OCC)cn2CC. The van der Waals surface area contributed by atoms with E-state index in [9.17, 15) is 9.59 Å². The third kappa shape index (κ3) is 2.30. The highest BCUT2D eigenvalue weighted by Crippen LogP contribution is 2.14. The van der Waals surface area contributed by atoms with Gasteiger partial charge in [-0.3, -0.25) is 4.79 Å². The van der Waals surface area contributed by atoms with Gasteiger partial charge in [0.1, 0.15) is 5.56 Å². The van der Waals surface area contributed by atoms with Crippen molar-refractivity contribution in [1.29, 1.82) is 0 Å². The molecule has 0 N–H and O–H groups in total. The number of hydrogen-bond acceptors (Lipinski definition) is 3. The lowest BCUT2D eigenvalue weighted by molar-refractivity contribution is 0.0524. The van der Waals surface area contributed by atoms with E-state index in [0.717, 1.165) is 5.52 Å². The van der Waals surface area contributed by atoms with E-state index < -0.39 is 5.97 Å². The zero-order valence-corrected chi connectivity index (χ0v) is 11.5. The Hall–Kier alpha value is -2.54. The van der Waals surface area contributed by atoms with Crippen LogP contribution in [0.2, 0.25) is 0 Å². The Kier molecular flexibility index (Phi) is 3.90. The number of esters is 1. The molecule has 1 heterocycles. The van der Waals surface area contributed by atoms with Gasteiger partial charge in [0.25, 0.3) is 0 Å². The van der Waals surface area contributed by atoms with Crippen molar-refractivity contribution in [2.24, 2.45) is 0 Å². The lowest BCUT2D eigenvalue weighted by Crippen LogP contribution is -2.20. The summed E-state index contributed by atoms with van der Waals surface area (Å²) in [5.41, 5.74) is 1.05. The summed E-state index contributed by atoms with van der Waals surface area (Å²) >= 11 is 0. The van der Waals surface area contributed by atoms with Gasteiger partial charge in [-0.05, 0) is 32.0 Å². The Morgan fingerprint density at radius 2 is 2.15 bits per heavy atom. The molecular formula is C16H15NO3. The van der Waals surface area contributed by atoms with Crippen LogP contribution in [0.3, 0.4) is 0 Å². The second-order valence-electron chi connectivity index (χ2n) is 4.25. The first-order chi connectivity index (χ1) is 9.62. The van der Waals surface area contributed by atoms with Crippen LogP contribution in [0, 0.1) is 12.3 Å². The average Bonchev–Trinajstić information content (AvgIpc) is 2.47. The zero-order valence-electron chi connectivity index (χ0n) is 11.5. The number of aryl methyl sites for hydroxylation is 1. The van der Waals surface area contributed by atoms with Gasteiger partial charge >= 0.3 is 5.97 Å². The van der Waals surface area contributed by atoms with E-state index in [-0.39, 0.29) is 17.6 Å². The number of fused-ring (bicyclic) bond motifs is 1. The fourth-order valence-electron chi connectivity index (χ4n) is 2.10. The Morgan fingerprint density at radius 1 is 1.40 bits per heavy atom. The highest BCUT2D eigenvalue weighted by atomic mass is 16.5. The summed E-state index contributed by atoms with van der Waals surface area (Å²) in [6.07, 6.45) is 6.90. The molecule has 0 radical (unpaired) electrons. The van der Waals surface area contributed by atoms with E-state index in [2.05, 4.69) is 5.92 Å². The number of rotatable bonds is 3. The lowest BCUT2D eigenvalue weighted by atomic mass is 10.1. The summed E-state index contributed by atoms with van der Waals surface area (Å²) in [5.74, 6) is 1.89. The van der Waals surface area contributed by atoms with Gasteiger partial charge in [-0.25, -0.2) is 4.79 Å². The highest BCUT2D eigenvalue weighted by Gasteiger charge is 2.16. The first-order valence-corrected chi connectivity index (χ1v) is 6.43. The summed E-state index contributed by atoms with van der Waals surface area (Å²) in [4.78, 5) is 24.3. The molecule has 0 aliphatic rings. The van der Waals surface area contributed by atoms with Gasteiger partial charge in [0, 0.05) is 23.7 Å². The molecule has 0 saturated heterocycles. The Labute approximate surface area is 117 Å². The lowest BCUT2D eigenvalue weighted by Gasteiger charge is -2.11. The van der Waals surface area contributed by atoms with Gasteiger partial charge in [0.05, 0.1) is 12.1 Å². The van der Waals surface area contributed by atoms with Crippen molar-refractivity contribution in [2.45, 2.75) is 20.4 Å². The molecule has 4 heteroatoms. The molecule has 1 aromatic heterocycles. The molecule has 4 nitrogen and oxygen atoms in total. The van der Waals surface area contributed by atoms with Crippen molar-refractivity contribution >= 4 is 16.9 Å². The summed E-state index contributed by atoms with van der Waals surface area (Å²) in [5, 5.41) is 0.438. The van der Waals surface area contributed by atoms with Gasteiger partial charge in [0.15, 0.2) is 0 Å². The topological polar surface area (TPSA) is 48.3 Å². The van der Waals surface area contributed by atoms with Gasteiger partial charge in [-0.15, -0.1) is 6.42 Å². The van der Waals surface area contributed by atoms with Crippen molar-refractivity contribution < 1.29 is 9.53 Å². The highest BCUT2D eigenvalue weighted by molar-refractivity contribution is 5.94. The number of carbonyl (C=O) groups excluding carboxylic acids is 1. The molecule has 0 fully saturated rings. The normalized spacial score (nSPS) is 10.2. The van der Waals surface area contributed by atoms with E-state index in [0.29, 0.717) is 17.5 Å². The van der Waals surface area contributed by atoms with Crippen LogP contribution in [0.15, 0.2) is 29.2 Å². The molecule has 102 valence electrons. The standard InChI is InChI=1S/C16H15NO3/c1-4-11-7-8-14-12(9-11)15(18)13(10-17(14)5-2)16(19)20-6-3/h1,7-10H,5-6H2,2-3H3. The van der Waals surface area contributed by atoms with Gasteiger partial charge in [0.2, 0.25) is 5.43 Å². The number of ether oxygens (including phenoxy) is 1. The van der Waals surface area contributed by atoms with E-state index in [1.165, 1.54) is 6.20 Å². The number of pyridine rings is 1. The Morgan fingerprint density at radius 3 is 2.75 bits per heavy atom. The summed E-state index contributed by atoms with van der Waals surface area (Å²) in [7, 11) is 0. The molecule has 0 spiro atoms. The molecular weight excluding hydrogens is 254 g/mol. The number of terminal acetylenes is 1. The molecule has 0 amide bonds. The average molecular weight is 269 g/mol. The van der Waals surface area contributed by atoms with E-state index in [1.807, 2.05) is 11.5 Å². The van der Waals surface area contributed by atoms with Crippen molar-refractivity contribution in [1.82, 2.24) is 4.57 Å². The van der Waals surface area contributed by atoms with Gasteiger partial charge in [-0.1, -0.05) is 5.92 Å². The molecule has 0 atom stereocenters. The smallest absolute Gasteiger partial charge is 0.343 e. The molecule has 0 unspecified atom stereocenters. The number of carbonyl (C=O) groups is 1. The van der Waals surface area contributed by atoms with Crippen LogP contribution in [-0.2, 0) is 11.3 Å². The van der Waals surface area contributed by atoms with Crippen molar-refractivity contribution in [3.63, 3.8) is 0 Å². The maximum atomic E-state index is 12.4. The quantitative estimate of drug-likeness (QED) is 0.634. The summed E-state index contributed by atoms with van der Waals surface area (Å²) in [6, 6.07) is 5.20. The van der Waals surface area contributed by atoms with Crippen LogP contribution in [0.1, 0.15) is 29.8 Å². The predicted octanol–water partition coefficient (Wildman–Crippen LogP) is 2.18. The van der Waals surface area contributed by atoms with Crippen molar-refractivity contribution in [2.75, 3.05) is 6.61 Å². The van der Waals surface area contributed by atoms with E-state index in [1.54, 1.807) is 25.1 Å². The minimum atomic E-state index is -0.604. The zero-order chi connectivity index (χ0) is 14.7. The van der Waals surface area contributed by atoms with Crippen LogP contribution >= 0.6 is 0 Å². The number of aromatic nitrogens is 1. The maximum Gasteiger partial charge on any atom is 0.343 e. The van der Waals surface area contributed by atoms with Crippen LogP contribution in [0.25, 0.3) is 10.9 Å². The van der Waals surface area contributed by atoms with E-state index in [4.69, 9.17) is 11.2 Å². The van der Waals surface area contributed by atoms with Crippen LogP contribution in [-0.4, -0.2) is 17.1 Å². The number of nitrogens with zero attached hydrogens (tertiary/aromatic N) is 1. The molecule has 0 bridgehead atoms. The molecule has 1 aromatic carbocycles. The molecule has 0 aliphatic carbocycles. The van der Waals surface area contributed by atoms with Crippen LogP contribution < -0.4 is 5.43 Å². The van der Waals surface area contributed by atoms with E-state index >= 15 is 0 Å². The van der Waals surface area contributed by atoms with Crippen molar-refractivity contribution in [3.05, 3.63) is 45.7 Å². The second-order valence-corrected chi connectivity index (χ2v) is 4.25. The Bertz CT molecular complexity index is 766. The molecule has 2 rings (SSSR count). The minimum absolute atomic E-state index is 0.0374. The molecule has 20 heavy (non-hydrogen) atoms.